The Morgan fingerprint density at radius 2 is 2.00 bits per heavy atom. The van der Waals surface area contributed by atoms with Crippen molar-refractivity contribution in [1.29, 1.82) is 0 Å². The van der Waals surface area contributed by atoms with E-state index in [0.717, 1.165) is 6.42 Å². The van der Waals surface area contributed by atoms with Crippen LogP contribution in [0, 0.1) is 5.92 Å². The van der Waals surface area contributed by atoms with Gasteiger partial charge in [0.15, 0.2) is 0 Å². The molecule has 2 aromatic rings. The Morgan fingerprint density at radius 1 is 1.22 bits per heavy atom. The highest BCUT2D eigenvalue weighted by Crippen LogP contribution is 2.34. The van der Waals surface area contributed by atoms with Gasteiger partial charge in [-0.15, -0.1) is 0 Å². The van der Waals surface area contributed by atoms with Crippen LogP contribution in [-0.4, -0.2) is 28.7 Å². The van der Waals surface area contributed by atoms with Gasteiger partial charge in [0.1, 0.15) is 0 Å². The normalized spacial score (nSPS) is 20.4. The summed E-state index contributed by atoms with van der Waals surface area (Å²) < 4.78 is 7.24. The molecule has 0 radical (unpaired) electrons. The van der Waals surface area contributed by atoms with E-state index in [9.17, 15) is 4.79 Å². The first kappa shape index (κ1) is 15.7. The molecular weight excluding hydrogens is 290 g/mol. The van der Waals surface area contributed by atoms with Crippen LogP contribution in [0.5, 0.6) is 0 Å². The second-order valence-electron chi connectivity index (χ2n) is 6.10. The third-order valence-electron chi connectivity index (χ3n) is 4.54. The second-order valence-corrected chi connectivity index (χ2v) is 6.10. The fourth-order valence-corrected chi connectivity index (χ4v) is 2.85. The standard InChI is InChI=1S/C13H14N2.C5H9NO2/c1-2-5-11(6-3-1)13-9-14-10-15(13)12-7-4-8-12;6-5(7)4-1-2-8-3-4/h1-3,5-6,9-10,12H,4,7-8H2;4H,1-3H2,(H2,6,7). The van der Waals surface area contributed by atoms with Crippen LogP contribution in [0.4, 0.5) is 0 Å². The Balaban J connectivity index is 0.000000166. The van der Waals surface area contributed by atoms with Crippen LogP contribution in [-0.2, 0) is 9.53 Å². The summed E-state index contributed by atoms with van der Waals surface area (Å²) in [5.41, 5.74) is 7.49. The molecule has 1 saturated carbocycles. The molecule has 2 aliphatic rings. The molecule has 0 spiro atoms. The number of carbonyl (C=O) groups is 1. The van der Waals surface area contributed by atoms with Crippen molar-refractivity contribution in [3.63, 3.8) is 0 Å². The molecule has 1 amide bonds. The molecular formula is C18H23N3O2. The molecule has 2 fully saturated rings. The van der Waals surface area contributed by atoms with E-state index in [-0.39, 0.29) is 11.8 Å². The molecule has 1 saturated heterocycles. The SMILES string of the molecule is NC(=O)C1CCOC1.c1ccc(-c2cncn2C2CCC2)cc1. The number of aromatic nitrogens is 2. The number of benzene rings is 1. The molecule has 23 heavy (non-hydrogen) atoms. The first-order chi connectivity index (χ1) is 11.3. The molecule has 1 aliphatic heterocycles. The highest BCUT2D eigenvalue weighted by Gasteiger charge is 2.21. The van der Waals surface area contributed by atoms with Crippen molar-refractivity contribution in [3.05, 3.63) is 42.9 Å². The van der Waals surface area contributed by atoms with E-state index in [1.807, 2.05) is 18.6 Å². The Bertz CT molecular complexity index is 629. The lowest BCUT2D eigenvalue weighted by Gasteiger charge is -2.28. The summed E-state index contributed by atoms with van der Waals surface area (Å²) >= 11 is 0. The summed E-state index contributed by atoms with van der Waals surface area (Å²) in [6, 6.07) is 11.2. The Kier molecular flexibility index (Phi) is 5.08. The quantitative estimate of drug-likeness (QED) is 0.947. The van der Waals surface area contributed by atoms with Gasteiger partial charge in [-0.2, -0.15) is 0 Å². The van der Waals surface area contributed by atoms with Gasteiger partial charge in [0, 0.05) is 12.6 Å². The van der Waals surface area contributed by atoms with Crippen molar-refractivity contribution in [1.82, 2.24) is 9.55 Å². The number of imidazole rings is 1. The van der Waals surface area contributed by atoms with Gasteiger partial charge >= 0.3 is 0 Å². The summed E-state index contributed by atoms with van der Waals surface area (Å²) in [5, 5.41) is 0. The van der Waals surface area contributed by atoms with Crippen molar-refractivity contribution in [2.24, 2.45) is 11.7 Å². The molecule has 2 N–H and O–H groups in total. The lowest BCUT2D eigenvalue weighted by Crippen LogP contribution is -2.22. The lowest BCUT2D eigenvalue weighted by atomic mass is 9.92. The van der Waals surface area contributed by atoms with Crippen molar-refractivity contribution in [2.75, 3.05) is 13.2 Å². The highest BCUT2D eigenvalue weighted by atomic mass is 16.5. The topological polar surface area (TPSA) is 70.1 Å². The monoisotopic (exact) mass is 313 g/mol. The third-order valence-corrected chi connectivity index (χ3v) is 4.54. The zero-order chi connectivity index (χ0) is 16.1. The number of nitrogens with two attached hydrogens (primary N) is 1. The molecule has 0 bridgehead atoms. The smallest absolute Gasteiger partial charge is 0.222 e. The van der Waals surface area contributed by atoms with E-state index in [1.165, 1.54) is 30.5 Å². The van der Waals surface area contributed by atoms with Gasteiger partial charge < -0.3 is 15.0 Å². The minimum absolute atomic E-state index is 0.0185. The number of nitrogens with zero attached hydrogens (tertiary/aromatic N) is 2. The minimum Gasteiger partial charge on any atom is -0.381 e. The largest absolute Gasteiger partial charge is 0.381 e. The Morgan fingerprint density at radius 3 is 2.52 bits per heavy atom. The summed E-state index contributed by atoms with van der Waals surface area (Å²) in [4.78, 5) is 14.6. The lowest BCUT2D eigenvalue weighted by molar-refractivity contribution is -0.121. The van der Waals surface area contributed by atoms with Crippen molar-refractivity contribution >= 4 is 5.91 Å². The zero-order valence-corrected chi connectivity index (χ0v) is 13.2. The van der Waals surface area contributed by atoms with Crippen LogP contribution in [0.25, 0.3) is 11.3 Å². The van der Waals surface area contributed by atoms with Gasteiger partial charge in [0.25, 0.3) is 0 Å². The van der Waals surface area contributed by atoms with Crippen LogP contribution >= 0.6 is 0 Å². The number of amides is 1. The maximum absolute atomic E-state index is 10.3. The molecule has 5 nitrogen and oxygen atoms in total. The van der Waals surface area contributed by atoms with Crippen LogP contribution in [0.3, 0.4) is 0 Å². The number of primary amides is 1. The highest BCUT2D eigenvalue weighted by molar-refractivity contribution is 5.76. The first-order valence-corrected chi connectivity index (χ1v) is 8.20. The van der Waals surface area contributed by atoms with Gasteiger partial charge in [-0.3, -0.25) is 4.79 Å². The molecule has 1 atom stereocenters. The zero-order valence-electron chi connectivity index (χ0n) is 13.2. The molecule has 1 aromatic heterocycles. The average molecular weight is 313 g/mol. The number of rotatable bonds is 3. The second kappa shape index (κ2) is 7.42. The number of hydrogen-bond donors (Lipinski definition) is 1. The summed E-state index contributed by atoms with van der Waals surface area (Å²) in [6.45, 7) is 1.21. The van der Waals surface area contributed by atoms with Crippen molar-refractivity contribution in [3.8, 4) is 11.3 Å². The van der Waals surface area contributed by atoms with Gasteiger partial charge in [-0.1, -0.05) is 30.3 Å². The fraction of sp³-hybridized carbons (Fsp3) is 0.444. The summed E-state index contributed by atoms with van der Waals surface area (Å²) in [6.07, 6.45) is 8.69. The third kappa shape index (κ3) is 3.79. The van der Waals surface area contributed by atoms with Crippen LogP contribution in [0.2, 0.25) is 0 Å². The van der Waals surface area contributed by atoms with E-state index in [1.54, 1.807) is 0 Å². The first-order valence-electron chi connectivity index (χ1n) is 8.20. The van der Waals surface area contributed by atoms with Gasteiger partial charge in [0.2, 0.25) is 5.91 Å². The average Bonchev–Trinajstić information content (AvgIpc) is 3.19. The van der Waals surface area contributed by atoms with Crippen molar-refractivity contribution < 1.29 is 9.53 Å². The molecule has 4 rings (SSSR count). The molecule has 1 unspecified atom stereocenters. The molecule has 5 heteroatoms. The number of carbonyl (C=O) groups excluding carboxylic acids is 1. The minimum atomic E-state index is -0.234. The Hall–Kier alpha value is -2.14. The van der Waals surface area contributed by atoms with E-state index >= 15 is 0 Å². The van der Waals surface area contributed by atoms with E-state index in [4.69, 9.17) is 10.5 Å². The number of hydrogen-bond acceptors (Lipinski definition) is 3. The molecule has 1 aromatic carbocycles. The summed E-state index contributed by atoms with van der Waals surface area (Å²) in [7, 11) is 0. The molecule has 2 heterocycles. The van der Waals surface area contributed by atoms with E-state index < -0.39 is 0 Å². The maximum atomic E-state index is 10.3. The summed E-state index contributed by atoms with van der Waals surface area (Å²) in [5.74, 6) is -0.252. The molecule has 122 valence electrons. The Labute approximate surface area is 136 Å². The maximum Gasteiger partial charge on any atom is 0.222 e. The predicted molar refractivity (Wildman–Crippen MR) is 88.7 cm³/mol. The van der Waals surface area contributed by atoms with Gasteiger partial charge in [-0.05, 0) is 31.2 Å². The van der Waals surface area contributed by atoms with Crippen molar-refractivity contribution in [2.45, 2.75) is 31.7 Å². The van der Waals surface area contributed by atoms with Gasteiger partial charge in [0.05, 0.1) is 30.7 Å². The van der Waals surface area contributed by atoms with E-state index in [0.29, 0.717) is 19.3 Å². The van der Waals surface area contributed by atoms with Crippen LogP contribution in [0.1, 0.15) is 31.7 Å². The fourth-order valence-electron chi connectivity index (χ4n) is 2.85. The van der Waals surface area contributed by atoms with E-state index in [2.05, 4.69) is 33.8 Å². The van der Waals surface area contributed by atoms with Crippen LogP contribution < -0.4 is 5.73 Å². The van der Waals surface area contributed by atoms with Gasteiger partial charge in [-0.25, -0.2) is 4.98 Å². The number of ether oxygens (including phenoxy) is 1. The predicted octanol–water partition coefficient (Wildman–Crippen LogP) is 2.78. The van der Waals surface area contributed by atoms with Crippen LogP contribution in [0.15, 0.2) is 42.9 Å². The molecule has 1 aliphatic carbocycles.